The van der Waals surface area contributed by atoms with E-state index in [1.165, 1.54) is 0 Å². The molecule has 2 aromatic carbocycles. The minimum atomic E-state index is -1.20. The first-order valence-corrected chi connectivity index (χ1v) is 7.86. The summed E-state index contributed by atoms with van der Waals surface area (Å²) in [5.41, 5.74) is 2.16. The number of nitrogens with one attached hydrogen (secondary N) is 1. The van der Waals surface area contributed by atoms with Gasteiger partial charge in [-0.15, -0.1) is 0 Å². The summed E-state index contributed by atoms with van der Waals surface area (Å²) >= 11 is 0. The molecule has 0 radical (unpaired) electrons. The second-order valence-corrected chi connectivity index (χ2v) is 5.36. The molecule has 2 rings (SSSR count). The van der Waals surface area contributed by atoms with Crippen LogP contribution in [0.4, 0.5) is 0 Å². The summed E-state index contributed by atoms with van der Waals surface area (Å²) in [5.74, 6) is -0.589. The van der Waals surface area contributed by atoms with E-state index < -0.39 is 18.1 Å². The Balaban J connectivity index is 2.05. The van der Waals surface area contributed by atoms with Crippen LogP contribution in [0.25, 0.3) is 0 Å². The highest BCUT2D eigenvalue weighted by molar-refractivity contribution is 5.75. The van der Waals surface area contributed by atoms with Crippen LogP contribution in [0.2, 0.25) is 0 Å². The lowest BCUT2D eigenvalue weighted by Crippen LogP contribution is -2.46. The molecule has 0 aliphatic rings. The van der Waals surface area contributed by atoms with Crippen LogP contribution in [0.3, 0.4) is 0 Å². The highest BCUT2D eigenvalue weighted by atomic mass is 16.5. The zero-order valence-corrected chi connectivity index (χ0v) is 13.3. The fraction of sp³-hybridized carbons (Fsp3) is 0.316. The molecular weight excluding hydrogens is 290 g/mol. The zero-order valence-electron chi connectivity index (χ0n) is 13.3. The lowest BCUT2D eigenvalue weighted by Gasteiger charge is -2.23. The number of hydrogen-bond donors (Lipinski definition) is 2. The summed E-state index contributed by atoms with van der Waals surface area (Å²) in [7, 11) is 0. The van der Waals surface area contributed by atoms with Crippen molar-refractivity contribution in [3.05, 3.63) is 71.8 Å². The largest absolute Gasteiger partial charge is 0.464 e. The lowest BCUT2D eigenvalue weighted by atomic mass is 10.0. The number of hydrogen-bond acceptors (Lipinski definition) is 4. The predicted octanol–water partition coefficient (Wildman–Crippen LogP) is 2.31. The van der Waals surface area contributed by atoms with Crippen molar-refractivity contribution in [2.24, 2.45) is 0 Å². The van der Waals surface area contributed by atoms with Gasteiger partial charge in [-0.3, -0.25) is 0 Å². The number of esters is 1. The molecule has 0 saturated carbocycles. The predicted molar refractivity (Wildman–Crippen MR) is 89.9 cm³/mol. The van der Waals surface area contributed by atoms with Crippen molar-refractivity contribution >= 4 is 5.97 Å². The summed E-state index contributed by atoms with van der Waals surface area (Å²) in [5, 5.41) is 13.6. The van der Waals surface area contributed by atoms with Gasteiger partial charge in [0.1, 0.15) is 0 Å². The summed E-state index contributed by atoms with van der Waals surface area (Å²) in [6.45, 7) is 2.57. The van der Waals surface area contributed by atoms with Gasteiger partial charge in [0.05, 0.1) is 6.61 Å². The summed E-state index contributed by atoms with van der Waals surface area (Å²) in [6, 6.07) is 19.3. The Bertz CT molecular complexity index is 586. The van der Waals surface area contributed by atoms with Gasteiger partial charge in [-0.1, -0.05) is 60.7 Å². The monoisotopic (exact) mass is 313 g/mol. The Hall–Kier alpha value is -2.17. The molecule has 0 fully saturated rings. The molecule has 0 amide bonds. The maximum atomic E-state index is 11.9. The van der Waals surface area contributed by atoms with E-state index in [0.29, 0.717) is 13.0 Å². The molecule has 4 heteroatoms. The molecule has 0 bridgehead atoms. The smallest absolute Gasteiger partial charge is 0.336 e. The molecule has 0 spiro atoms. The van der Waals surface area contributed by atoms with Gasteiger partial charge in [0.25, 0.3) is 0 Å². The minimum Gasteiger partial charge on any atom is -0.464 e. The third kappa shape index (κ3) is 5.51. The number of carbonyl (C=O) groups excluding carboxylic acids is 1. The van der Waals surface area contributed by atoms with Crippen molar-refractivity contribution in [2.75, 3.05) is 6.61 Å². The number of rotatable bonds is 8. The molecule has 2 N–H and O–H groups in total. The van der Waals surface area contributed by atoms with Gasteiger partial charge < -0.3 is 15.2 Å². The van der Waals surface area contributed by atoms with Gasteiger partial charge in [0, 0.05) is 12.6 Å². The number of ether oxygens (including phenoxy) is 1. The molecule has 2 aromatic rings. The molecule has 0 aliphatic carbocycles. The van der Waals surface area contributed by atoms with Crippen molar-refractivity contribution < 1.29 is 14.6 Å². The second-order valence-electron chi connectivity index (χ2n) is 5.36. The molecule has 0 unspecified atom stereocenters. The molecular formula is C19H23NO3. The van der Waals surface area contributed by atoms with E-state index in [1.54, 1.807) is 6.92 Å². The zero-order chi connectivity index (χ0) is 16.5. The standard InChI is InChI=1S/C19H23NO3/c1-2-23-19(22)18(21)17(13-15-9-5-3-6-10-15)20-14-16-11-7-4-8-12-16/h3-12,17-18,20-21H,2,13-14H2,1H3/t17-,18-/m0/s1. The first-order valence-electron chi connectivity index (χ1n) is 7.86. The highest BCUT2D eigenvalue weighted by Crippen LogP contribution is 2.09. The van der Waals surface area contributed by atoms with Crippen molar-refractivity contribution in [2.45, 2.75) is 32.0 Å². The van der Waals surface area contributed by atoms with Crippen LogP contribution in [0.15, 0.2) is 60.7 Å². The molecule has 122 valence electrons. The van der Waals surface area contributed by atoms with Crippen LogP contribution < -0.4 is 5.32 Å². The lowest BCUT2D eigenvalue weighted by molar-refractivity contribution is -0.154. The number of aliphatic hydroxyl groups is 1. The Morgan fingerprint density at radius 1 is 1.04 bits per heavy atom. The van der Waals surface area contributed by atoms with E-state index in [9.17, 15) is 9.90 Å². The number of aliphatic hydroxyl groups excluding tert-OH is 1. The van der Waals surface area contributed by atoms with Crippen molar-refractivity contribution in [3.8, 4) is 0 Å². The van der Waals surface area contributed by atoms with Crippen LogP contribution in [0.1, 0.15) is 18.1 Å². The van der Waals surface area contributed by atoms with Crippen LogP contribution in [-0.4, -0.2) is 29.8 Å². The topological polar surface area (TPSA) is 58.6 Å². The first-order chi connectivity index (χ1) is 11.2. The average Bonchev–Trinajstić information content (AvgIpc) is 2.60. The highest BCUT2D eigenvalue weighted by Gasteiger charge is 2.27. The quantitative estimate of drug-likeness (QED) is 0.734. The Labute approximate surface area is 137 Å². The number of benzene rings is 2. The van der Waals surface area contributed by atoms with Crippen molar-refractivity contribution in [3.63, 3.8) is 0 Å². The van der Waals surface area contributed by atoms with Crippen LogP contribution in [0, 0.1) is 0 Å². The Kier molecular flexibility index (Phi) is 6.78. The molecule has 2 atom stereocenters. The second kappa shape index (κ2) is 9.08. The van der Waals surface area contributed by atoms with Gasteiger partial charge in [0.15, 0.2) is 6.10 Å². The van der Waals surface area contributed by atoms with Gasteiger partial charge in [-0.2, -0.15) is 0 Å². The molecule has 0 aromatic heterocycles. The van der Waals surface area contributed by atoms with Crippen molar-refractivity contribution in [1.29, 1.82) is 0 Å². The van der Waals surface area contributed by atoms with E-state index >= 15 is 0 Å². The van der Waals surface area contributed by atoms with Gasteiger partial charge in [0.2, 0.25) is 0 Å². The van der Waals surface area contributed by atoms with E-state index in [4.69, 9.17) is 4.74 Å². The maximum absolute atomic E-state index is 11.9. The SMILES string of the molecule is CCOC(=O)[C@@H](O)[C@H](Cc1ccccc1)NCc1ccccc1. The average molecular weight is 313 g/mol. The van der Waals surface area contributed by atoms with E-state index in [0.717, 1.165) is 11.1 Å². The fourth-order valence-corrected chi connectivity index (χ4v) is 2.40. The minimum absolute atomic E-state index is 0.257. The fourth-order valence-electron chi connectivity index (χ4n) is 2.40. The molecule has 4 nitrogen and oxygen atoms in total. The molecule has 0 heterocycles. The third-order valence-electron chi connectivity index (χ3n) is 3.62. The van der Waals surface area contributed by atoms with Crippen LogP contribution in [0.5, 0.6) is 0 Å². The first kappa shape index (κ1) is 17.2. The molecule has 0 aliphatic heterocycles. The summed E-state index contributed by atoms with van der Waals surface area (Å²) in [6.07, 6.45) is -0.646. The third-order valence-corrected chi connectivity index (χ3v) is 3.62. The summed E-state index contributed by atoms with van der Waals surface area (Å²) in [4.78, 5) is 11.9. The molecule has 23 heavy (non-hydrogen) atoms. The Morgan fingerprint density at radius 2 is 1.61 bits per heavy atom. The van der Waals surface area contributed by atoms with E-state index in [1.807, 2.05) is 60.7 Å². The maximum Gasteiger partial charge on any atom is 0.336 e. The van der Waals surface area contributed by atoms with Gasteiger partial charge >= 0.3 is 5.97 Å². The van der Waals surface area contributed by atoms with Gasteiger partial charge in [-0.25, -0.2) is 4.79 Å². The molecule has 0 saturated heterocycles. The van der Waals surface area contributed by atoms with E-state index in [-0.39, 0.29) is 6.61 Å². The Morgan fingerprint density at radius 3 is 2.17 bits per heavy atom. The van der Waals surface area contributed by atoms with Crippen molar-refractivity contribution in [1.82, 2.24) is 5.32 Å². The van der Waals surface area contributed by atoms with Crippen LogP contribution in [-0.2, 0) is 22.5 Å². The summed E-state index contributed by atoms with van der Waals surface area (Å²) < 4.78 is 4.95. The normalized spacial score (nSPS) is 13.3. The number of carbonyl (C=O) groups is 1. The van der Waals surface area contributed by atoms with E-state index in [2.05, 4.69) is 5.32 Å². The van der Waals surface area contributed by atoms with Crippen LogP contribution >= 0.6 is 0 Å². The van der Waals surface area contributed by atoms with Gasteiger partial charge in [-0.05, 0) is 24.5 Å².